The van der Waals surface area contributed by atoms with E-state index in [4.69, 9.17) is 4.74 Å². The molecule has 1 N–H and O–H groups in total. The number of carbonyl (C=O) groups excluding carboxylic acids is 3. The summed E-state index contributed by atoms with van der Waals surface area (Å²) in [5, 5.41) is 10.0. The molecule has 2 saturated heterocycles. The number of aliphatic hydroxyl groups is 1. The van der Waals surface area contributed by atoms with Crippen molar-refractivity contribution in [3.05, 3.63) is 60.2 Å². The molecule has 8 nitrogen and oxygen atoms in total. The number of benzene rings is 1. The van der Waals surface area contributed by atoms with E-state index in [1.54, 1.807) is 23.8 Å². The number of hydrogen-bond acceptors (Lipinski definition) is 5. The second kappa shape index (κ2) is 8.60. The second-order valence-electron chi connectivity index (χ2n) is 10.1. The molecule has 4 aliphatic rings. The fourth-order valence-corrected chi connectivity index (χ4v) is 6.38. The summed E-state index contributed by atoms with van der Waals surface area (Å²) in [5.74, 6) is -2.30. The molecule has 2 fully saturated rings. The van der Waals surface area contributed by atoms with Crippen molar-refractivity contribution in [1.82, 2.24) is 14.7 Å². The number of likely N-dealkylation sites (tertiary alicyclic amines) is 1. The second-order valence-corrected chi connectivity index (χ2v) is 10.1. The fraction of sp³-hybridized carbons (Fsp3) is 0.519. The average Bonchev–Trinajstić information content (AvgIpc) is 3.18. The van der Waals surface area contributed by atoms with E-state index < -0.39 is 35.1 Å². The van der Waals surface area contributed by atoms with Gasteiger partial charge in [0.15, 0.2) is 0 Å². The van der Waals surface area contributed by atoms with E-state index >= 15 is 0 Å². The van der Waals surface area contributed by atoms with Crippen LogP contribution in [-0.4, -0.2) is 87.6 Å². The first-order valence-electron chi connectivity index (χ1n) is 12.4. The lowest BCUT2D eigenvalue weighted by Gasteiger charge is -2.40. The first-order valence-corrected chi connectivity index (χ1v) is 12.4. The van der Waals surface area contributed by atoms with Crippen molar-refractivity contribution in [2.75, 3.05) is 26.7 Å². The van der Waals surface area contributed by atoms with E-state index in [0.717, 1.165) is 5.56 Å². The van der Waals surface area contributed by atoms with Crippen molar-refractivity contribution < 1.29 is 24.2 Å². The molecular formula is C27H33N3O5. The van der Waals surface area contributed by atoms with E-state index in [0.29, 0.717) is 26.1 Å². The van der Waals surface area contributed by atoms with Gasteiger partial charge < -0.3 is 24.5 Å². The molecule has 4 aliphatic heterocycles. The zero-order chi connectivity index (χ0) is 25.0. The van der Waals surface area contributed by atoms with Crippen molar-refractivity contribution in [3.63, 3.8) is 0 Å². The molecule has 3 amide bonds. The average molecular weight is 480 g/mol. The van der Waals surface area contributed by atoms with Gasteiger partial charge in [0.2, 0.25) is 17.7 Å². The number of hydrogen-bond donors (Lipinski definition) is 1. The number of aliphatic hydroxyl groups excluding tert-OH is 1. The quantitative estimate of drug-likeness (QED) is 0.644. The predicted molar refractivity (Wildman–Crippen MR) is 129 cm³/mol. The summed E-state index contributed by atoms with van der Waals surface area (Å²) >= 11 is 0. The Bertz CT molecular complexity index is 1090. The maximum atomic E-state index is 14.2. The first-order chi connectivity index (χ1) is 16.8. The number of likely N-dealkylation sites (N-methyl/N-ethyl adjacent to an activating group) is 1. The molecule has 8 heteroatoms. The minimum atomic E-state index is -1.29. The highest BCUT2D eigenvalue weighted by Crippen LogP contribution is 2.58. The largest absolute Gasteiger partial charge is 0.394 e. The highest BCUT2D eigenvalue weighted by Gasteiger charge is 2.75. The number of ether oxygens (including phenoxy) is 1. The molecule has 6 atom stereocenters. The van der Waals surface area contributed by atoms with Gasteiger partial charge in [0.05, 0.1) is 30.1 Å². The van der Waals surface area contributed by atoms with Crippen molar-refractivity contribution in [1.29, 1.82) is 0 Å². The van der Waals surface area contributed by atoms with Crippen molar-refractivity contribution in [2.45, 2.75) is 50.1 Å². The zero-order valence-corrected chi connectivity index (χ0v) is 20.5. The first kappa shape index (κ1) is 23.8. The highest BCUT2D eigenvalue weighted by atomic mass is 16.5. The number of fused-ring (bicyclic) bond motifs is 2. The van der Waals surface area contributed by atoms with Gasteiger partial charge >= 0.3 is 0 Å². The fourth-order valence-electron chi connectivity index (χ4n) is 6.38. The van der Waals surface area contributed by atoms with Gasteiger partial charge in [0, 0.05) is 26.7 Å². The molecule has 186 valence electrons. The highest BCUT2D eigenvalue weighted by molar-refractivity contribution is 6.00. The minimum absolute atomic E-state index is 0.157. The molecule has 0 radical (unpaired) electrons. The van der Waals surface area contributed by atoms with Crippen LogP contribution in [0.4, 0.5) is 0 Å². The summed E-state index contributed by atoms with van der Waals surface area (Å²) in [6.45, 7) is 4.58. The third kappa shape index (κ3) is 3.37. The molecule has 0 aromatic heterocycles. The van der Waals surface area contributed by atoms with E-state index in [1.807, 2.05) is 61.6 Å². The normalized spacial score (nSPS) is 35.0. The van der Waals surface area contributed by atoms with Gasteiger partial charge in [0.25, 0.3) is 0 Å². The number of rotatable bonds is 5. The lowest BCUT2D eigenvalue weighted by Crippen LogP contribution is -2.58. The zero-order valence-electron chi connectivity index (χ0n) is 20.5. The molecule has 0 saturated carbocycles. The van der Waals surface area contributed by atoms with Gasteiger partial charge in [-0.05, 0) is 18.9 Å². The van der Waals surface area contributed by atoms with Gasteiger partial charge in [-0.1, -0.05) is 61.6 Å². The van der Waals surface area contributed by atoms with Crippen LogP contribution in [0.25, 0.3) is 0 Å². The Morgan fingerprint density at radius 1 is 1.03 bits per heavy atom. The lowest BCUT2D eigenvalue weighted by atomic mass is 9.73. The molecule has 1 aromatic carbocycles. The molecule has 0 aliphatic carbocycles. The molecule has 35 heavy (non-hydrogen) atoms. The van der Waals surface area contributed by atoms with Gasteiger partial charge in [0.1, 0.15) is 11.6 Å². The summed E-state index contributed by atoms with van der Waals surface area (Å²) in [7, 11) is 1.73. The lowest BCUT2D eigenvalue weighted by molar-refractivity contribution is -0.156. The van der Waals surface area contributed by atoms with Crippen molar-refractivity contribution >= 4 is 17.7 Å². The standard InChI is InChI=1S/C27H33N3O5/c1-4-26-12-8-14-28(3)23(32)20(26)21-24(33)30(18(2)17-31)22-25(34)29(15-9-13-27(21,22)35-26)16-19-10-6-5-7-11-19/h5-13,18,20-22,31H,4,14-17H2,1-3H3/t18-,20-,21+,22?,26+,27+/m1/s1. The van der Waals surface area contributed by atoms with Crippen LogP contribution >= 0.6 is 0 Å². The van der Waals surface area contributed by atoms with Crippen LogP contribution in [0.1, 0.15) is 25.8 Å². The van der Waals surface area contributed by atoms with Gasteiger partial charge in [-0.3, -0.25) is 14.4 Å². The predicted octanol–water partition coefficient (Wildman–Crippen LogP) is 1.36. The van der Waals surface area contributed by atoms with E-state index in [-0.39, 0.29) is 24.3 Å². The van der Waals surface area contributed by atoms with E-state index in [9.17, 15) is 19.5 Å². The summed E-state index contributed by atoms with van der Waals surface area (Å²) in [6, 6.07) is 8.14. The molecule has 1 unspecified atom stereocenters. The third-order valence-corrected chi connectivity index (χ3v) is 8.12. The van der Waals surface area contributed by atoms with Crippen LogP contribution in [0.3, 0.4) is 0 Å². The third-order valence-electron chi connectivity index (χ3n) is 8.12. The molecule has 4 heterocycles. The smallest absolute Gasteiger partial charge is 0.249 e. The molecule has 0 bridgehead atoms. The van der Waals surface area contributed by atoms with Gasteiger partial charge in [-0.2, -0.15) is 0 Å². The maximum Gasteiger partial charge on any atom is 0.249 e. The Morgan fingerprint density at radius 3 is 2.43 bits per heavy atom. The van der Waals surface area contributed by atoms with Crippen molar-refractivity contribution in [2.24, 2.45) is 11.8 Å². The van der Waals surface area contributed by atoms with E-state index in [2.05, 4.69) is 0 Å². The maximum absolute atomic E-state index is 14.2. The van der Waals surface area contributed by atoms with Crippen LogP contribution in [0.5, 0.6) is 0 Å². The molecule has 1 aromatic rings. The summed E-state index contributed by atoms with van der Waals surface area (Å²) in [5.41, 5.74) is -1.29. The van der Waals surface area contributed by atoms with Crippen LogP contribution in [0, 0.1) is 11.8 Å². The van der Waals surface area contributed by atoms with Crippen LogP contribution < -0.4 is 0 Å². The Labute approximate surface area is 205 Å². The number of amides is 3. The Morgan fingerprint density at radius 2 is 1.74 bits per heavy atom. The molecule has 5 rings (SSSR count). The van der Waals surface area contributed by atoms with E-state index in [1.165, 1.54) is 4.90 Å². The summed E-state index contributed by atoms with van der Waals surface area (Å²) in [6.07, 6.45) is 8.07. The van der Waals surface area contributed by atoms with Crippen molar-refractivity contribution in [3.8, 4) is 0 Å². The Balaban J connectivity index is 1.64. The minimum Gasteiger partial charge on any atom is -0.394 e. The number of carbonyl (C=O) groups is 3. The summed E-state index contributed by atoms with van der Waals surface area (Å²) in [4.78, 5) is 46.7. The Hall–Kier alpha value is -2.97. The van der Waals surface area contributed by atoms with Gasteiger partial charge in [-0.15, -0.1) is 0 Å². The Kier molecular flexibility index (Phi) is 5.84. The van der Waals surface area contributed by atoms with Crippen LogP contribution in [-0.2, 0) is 25.7 Å². The SMILES string of the molecule is CC[C@]12C=CCN(C)C(=O)[C@H]1[C@H]1C(=O)N([C@H](C)CO)C3C(=O)N(Cc4ccccc4)CC=C[C@@]31O2. The molecular weight excluding hydrogens is 446 g/mol. The number of nitrogens with zero attached hydrogens (tertiary/aromatic N) is 3. The van der Waals surface area contributed by atoms with Crippen LogP contribution in [0.15, 0.2) is 54.6 Å². The molecule has 1 spiro atoms. The topological polar surface area (TPSA) is 90.4 Å². The monoisotopic (exact) mass is 479 g/mol. The van der Waals surface area contributed by atoms with Crippen LogP contribution in [0.2, 0.25) is 0 Å². The van der Waals surface area contributed by atoms with Gasteiger partial charge in [-0.25, -0.2) is 0 Å². The summed E-state index contributed by atoms with van der Waals surface area (Å²) < 4.78 is 6.85.